The molecule has 12 heavy (non-hydrogen) atoms. The summed E-state index contributed by atoms with van der Waals surface area (Å²) in [6.07, 6.45) is -2.98. The van der Waals surface area contributed by atoms with Crippen LogP contribution in [-0.4, -0.2) is 51.0 Å². The highest BCUT2D eigenvalue weighted by atomic mass is 17.3. The van der Waals surface area contributed by atoms with Crippen molar-refractivity contribution in [3.05, 3.63) is 0 Å². The first-order valence-electron chi connectivity index (χ1n) is 3.31. The SMILES string of the molecule is O[C@@H]1COC2(O)OO[C@]2(O)[C@H]1O. The minimum atomic E-state index is -2.40. The van der Waals surface area contributed by atoms with Gasteiger partial charge in [-0.05, 0) is 0 Å². The molecule has 2 aliphatic rings. The molecular weight excluding hydrogens is 172 g/mol. The molecule has 2 rings (SSSR count). The zero-order valence-corrected chi connectivity index (χ0v) is 5.88. The molecule has 2 aliphatic heterocycles. The number of aliphatic hydroxyl groups excluding tert-OH is 2. The van der Waals surface area contributed by atoms with Crippen molar-refractivity contribution in [2.45, 2.75) is 24.0 Å². The van der Waals surface area contributed by atoms with Gasteiger partial charge in [-0.2, -0.15) is 9.78 Å². The van der Waals surface area contributed by atoms with Crippen LogP contribution >= 0.6 is 0 Å². The molecule has 2 fully saturated rings. The number of fused-ring (bicyclic) bond motifs is 1. The maximum Gasteiger partial charge on any atom is 0.371 e. The molecule has 0 aromatic carbocycles. The molecule has 4 N–H and O–H groups in total. The van der Waals surface area contributed by atoms with Crippen LogP contribution in [0.3, 0.4) is 0 Å². The van der Waals surface area contributed by atoms with Crippen molar-refractivity contribution in [3.8, 4) is 0 Å². The zero-order valence-electron chi connectivity index (χ0n) is 5.88. The van der Waals surface area contributed by atoms with E-state index in [-0.39, 0.29) is 6.61 Å². The van der Waals surface area contributed by atoms with Gasteiger partial charge >= 0.3 is 11.8 Å². The molecule has 1 unspecified atom stereocenters. The van der Waals surface area contributed by atoms with Gasteiger partial charge in [-0.15, -0.1) is 0 Å². The number of hydrogen-bond donors (Lipinski definition) is 4. The standard InChI is InChI=1S/C5H8O7/c6-2-1-10-5(9)4(8,3(2)7)11-12-5/h2-3,6-9H,1H2/t2-,3+,4-,5?/m1/s1. The summed E-state index contributed by atoms with van der Waals surface area (Å²) in [5.74, 6) is -4.77. The first-order valence-corrected chi connectivity index (χ1v) is 3.31. The van der Waals surface area contributed by atoms with Gasteiger partial charge < -0.3 is 25.2 Å². The van der Waals surface area contributed by atoms with Crippen LogP contribution in [0.4, 0.5) is 0 Å². The quantitative estimate of drug-likeness (QED) is 0.295. The van der Waals surface area contributed by atoms with Crippen molar-refractivity contribution in [3.63, 3.8) is 0 Å². The average molecular weight is 180 g/mol. The Hall–Kier alpha value is -0.280. The Morgan fingerprint density at radius 1 is 1.17 bits per heavy atom. The smallest absolute Gasteiger partial charge is 0.371 e. The highest BCUT2D eigenvalue weighted by Gasteiger charge is 2.73. The van der Waals surface area contributed by atoms with Gasteiger partial charge in [-0.1, -0.05) is 0 Å². The third-order valence-corrected chi connectivity index (χ3v) is 1.95. The van der Waals surface area contributed by atoms with Crippen molar-refractivity contribution in [2.24, 2.45) is 0 Å². The summed E-state index contributed by atoms with van der Waals surface area (Å²) >= 11 is 0. The second-order valence-corrected chi connectivity index (χ2v) is 2.77. The van der Waals surface area contributed by atoms with Crippen LogP contribution in [0.15, 0.2) is 0 Å². The molecule has 0 amide bonds. The monoisotopic (exact) mass is 180 g/mol. The second kappa shape index (κ2) is 2.15. The van der Waals surface area contributed by atoms with Gasteiger partial charge in [0.2, 0.25) is 0 Å². The van der Waals surface area contributed by atoms with Crippen molar-refractivity contribution in [2.75, 3.05) is 6.61 Å². The third-order valence-electron chi connectivity index (χ3n) is 1.95. The number of aliphatic hydroxyl groups is 4. The van der Waals surface area contributed by atoms with E-state index in [0.717, 1.165) is 0 Å². The maximum atomic E-state index is 9.30. The molecule has 0 bridgehead atoms. The largest absolute Gasteiger partial charge is 0.388 e. The molecule has 0 aromatic rings. The molecule has 2 saturated heterocycles. The van der Waals surface area contributed by atoms with E-state index in [2.05, 4.69) is 14.5 Å². The van der Waals surface area contributed by atoms with E-state index >= 15 is 0 Å². The minimum Gasteiger partial charge on any atom is -0.388 e. The van der Waals surface area contributed by atoms with Crippen LogP contribution in [0.25, 0.3) is 0 Å². The van der Waals surface area contributed by atoms with E-state index in [9.17, 15) is 10.2 Å². The highest BCUT2D eigenvalue weighted by Crippen LogP contribution is 2.43. The molecule has 7 nitrogen and oxygen atoms in total. The second-order valence-electron chi connectivity index (χ2n) is 2.77. The summed E-state index contributed by atoms with van der Waals surface area (Å²) in [5, 5.41) is 36.6. The van der Waals surface area contributed by atoms with E-state index in [0.29, 0.717) is 0 Å². The minimum absolute atomic E-state index is 0.344. The van der Waals surface area contributed by atoms with E-state index in [1.54, 1.807) is 0 Å². The normalized spacial score (nSPS) is 59.0. The Kier molecular flexibility index (Phi) is 1.49. The molecule has 4 atom stereocenters. The van der Waals surface area contributed by atoms with Gasteiger partial charge in [0.25, 0.3) is 0 Å². The van der Waals surface area contributed by atoms with Crippen molar-refractivity contribution >= 4 is 0 Å². The first kappa shape index (κ1) is 8.32. The lowest BCUT2D eigenvalue weighted by molar-refractivity contribution is -0.726. The van der Waals surface area contributed by atoms with E-state index < -0.39 is 24.0 Å². The van der Waals surface area contributed by atoms with E-state index in [1.807, 2.05) is 0 Å². The average Bonchev–Trinajstić information content (AvgIpc) is 2.07. The van der Waals surface area contributed by atoms with E-state index in [4.69, 9.17) is 10.2 Å². The highest BCUT2D eigenvalue weighted by molar-refractivity contribution is 4.96. The van der Waals surface area contributed by atoms with Crippen LogP contribution in [0.1, 0.15) is 0 Å². The Bertz CT molecular complexity index is 208. The maximum absolute atomic E-state index is 9.30. The number of hydrogen-bond acceptors (Lipinski definition) is 7. The zero-order chi connectivity index (χ0) is 8.98. The molecule has 0 spiro atoms. The van der Waals surface area contributed by atoms with Crippen molar-refractivity contribution in [1.82, 2.24) is 0 Å². The van der Waals surface area contributed by atoms with Crippen LogP contribution < -0.4 is 0 Å². The van der Waals surface area contributed by atoms with Crippen molar-refractivity contribution < 1.29 is 34.9 Å². The fraction of sp³-hybridized carbons (Fsp3) is 1.00. The van der Waals surface area contributed by atoms with Crippen LogP contribution in [0.5, 0.6) is 0 Å². The Morgan fingerprint density at radius 3 is 2.25 bits per heavy atom. The fourth-order valence-corrected chi connectivity index (χ4v) is 1.11. The third kappa shape index (κ3) is 0.735. The lowest BCUT2D eigenvalue weighted by atomic mass is 9.98. The Labute approximate surface area is 66.6 Å². The number of ether oxygens (including phenoxy) is 1. The molecule has 0 aliphatic carbocycles. The summed E-state index contributed by atoms with van der Waals surface area (Å²) in [6, 6.07) is 0. The number of rotatable bonds is 0. The molecule has 2 heterocycles. The summed E-state index contributed by atoms with van der Waals surface area (Å²) in [5.41, 5.74) is 0. The van der Waals surface area contributed by atoms with Gasteiger partial charge in [0.05, 0.1) is 6.61 Å². The van der Waals surface area contributed by atoms with Gasteiger partial charge in [-0.3, -0.25) is 0 Å². The molecule has 0 saturated carbocycles. The summed E-state index contributed by atoms with van der Waals surface area (Å²) in [7, 11) is 0. The van der Waals surface area contributed by atoms with Crippen LogP contribution in [-0.2, 0) is 14.5 Å². The lowest BCUT2D eigenvalue weighted by Gasteiger charge is -2.53. The molecule has 7 heteroatoms. The predicted molar refractivity (Wildman–Crippen MR) is 30.0 cm³/mol. The van der Waals surface area contributed by atoms with Gasteiger partial charge in [0, 0.05) is 0 Å². The van der Waals surface area contributed by atoms with Gasteiger partial charge in [-0.25, -0.2) is 0 Å². The molecule has 70 valence electrons. The lowest BCUT2D eigenvalue weighted by Crippen LogP contribution is -2.79. The molecular formula is C5H8O7. The van der Waals surface area contributed by atoms with Gasteiger partial charge in [0.15, 0.2) is 0 Å². The summed E-state index contributed by atoms with van der Waals surface area (Å²) in [4.78, 5) is 8.13. The summed E-state index contributed by atoms with van der Waals surface area (Å²) < 4.78 is 4.50. The summed E-state index contributed by atoms with van der Waals surface area (Å²) in [6.45, 7) is -0.344. The topological polar surface area (TPSA) is 109 Å². The molecule has 0 radical (unpaired) electrons. The fourth-order valence-electron chi connectivity index (χ4n) is 1.11. The predicted octanol–water partition coefficient (Wildman–Crippen LogP) is -2.97. The molecule has 0 aromatic heterocycles. The van der Waals surface area contributed by atoms with E-state index in [1.165, 1.54) is 0 Å². The first-order chi connectivity index (χ1) is 5.50. The van der Waals surface area contributed by atoms with Crippen molar-refractivity contribution in [1.29, 1.82) is 0 Å². The van der Waals surface area contributed by atoms with Crippen LogP contribution in [0, 0.1) is 0 Å². The van der Waals surface area contributed by atoms with Crippen LogP contribution in [0.2, 0.25) is 0 Å². The Morgan fingerprint density at radius 2 is 1.83 bits per heavy atom. The van der Waals surface area contributed by atoms with Gasteiger partial charge in [0.1, 0.15) is 12.2 Å². The Balaban J connectivity index is 2.24.